The van der Waals surface area contributed by atoms with Crippen molar-refractivity contribution in [2.75, 3.05) is 6.54 Å². The number of hydrazine groups is 1. The average molecular weight is 454 g/mol. The van der Waals surface area contributed by atoms with Crippen LogP contribution in [0.25, 0.3) is 5.70 Å². The molecule has 1 aromatic rings. The number of rotatable bonds is 11. The number of hydrogen-bond acceptors (Lipinski definition) is 5. The second-order valence-electron chi connectivity index (χ2n) is 8.39. The molecule has 3 unspecified atom stereocenters. The summed E-state index contributed by atoms with van der Waals surface area (Å²) in [5, 5.41) is 5.58. The molecule has 0 radical (unpaired) electrons. The van der Waals surface area contributed by atoms with Crippen LogP contribution in [0.5, 0.6) is 0 Å². The summed E-state index contributed by atoms with van der Waals surface area (Å²) in [5.74, 6) is 3.46. The van der Waals surface area contributed by atoms with E-state index in [9.17, 15) is 0 Å². The first-order chi connectivity index (χ1) is 16.6. The Balaban J connectivity index is 1.86. The maximum atomic E-state index is 5.60. The van der Waals surface area contributed by atoms with E-state index in [1.165, 1.54) is 11.3 Å². The van der Waals surface area contributed by atoms with Gasteiger partial charge in [0, 0.05) is 54.1 Å². The van der Waals surface area contributed by atoms with Crippen molar-refractivity contribution in [3.63, 3.8) is 0 Å². The van der Waals surface area contributed by atoms with Crippen LogP contribution in [0.15, 0.2) is 90.2 Å². The van der Waals surface area contributed by atoms with Crippen molar-refractivity contribution in [1.82, 2.24) is 20.7 Å². The van der Waals surface area contributed by atoms with Crippen molar-refractivity contribution in [2.24, 2.45) is 16.8 Å². The third-order valence-corrected chi connectivity index (χ3v) is 6.18. The quantitative estimate of drug-likeness (QED) is 0.269. The Kier molecular flexibility index (Phi) is 9.25. The highest BCUT2D eigenvalue weighted by molar-refractivity contribution is 5.79. The Morgan fingerprint density at radius 2 is 2.21 bits per heavy atom. The Morgan fingerprint density at radius 3 is 2.94 bits per heavy atom. The normalized spacial score (nSPS) is 20.5. The standard InChI is InChI=1S/C29H35N5/c1-6-15-31-28(25-17-23(8-3)18-30-19-25)21-34(29(9-4)22(5)7-2)33-16-14-24-20-32-27-13-11-10-12-26(24)27/h3,6,9-13,15,17-22,26-27,32-33H,1,7,14,16H2,2,4-5H3/b28-21-,29-9-,31-15?. The molecule has 5 heteroatoms. The zero-order valence-corrected chi connectivity index (χ0v) is 20.4. The largest absolute Gasteiger partial charge is 0.384 e. The molecule has 2 N–H and O–H groups in total. The summed E-state index contributed by atoms with van der Waals surface area (Å²) in [4.78, 5) is 8.93. The Labute approximate surface area is 204 Å². The van der Waals surface area contributed by atoms with Crippen LogP contribution in [-0.2, 0) is 0 Å². The number of nitrogens with one attached hydrogen (secondary N) is 2. The van der Waals surface area contributed by atoms with Gasteiger partial charge in [-0.25, -0.2) is 5.43 Å². The van der Waals surface area contributed by atoms with Gasteiger partial charge in [0.25, 0.3) is 0 Å². The van der Waals surface area contributed by atoms with Crippen LogP contribution in [0.4, 0.5) is 0 Å². The number of aliphatic imine (C=N–C) groups is 1. The van der Waals surface area contributed by atoms with E-state index in [-0.39, 0.29) is 0 Å². The summed E-state index contributed by atoms with van der Waals surface area (Å²) in [6.07, 6.45) is 29.5. The summed E-state index contributed by atoms with van der Waals surface area (Å²) in [5.41, 5.74) is 8.54. The molecule has 1 aliphatic heterocycles. The van der Waals surface area contributed by atoms with E-state index in [0.717, 1.165) is 36.2 Å². The van der Waals surface area contributed by atoms with Crippen LogP contribution in [-0.4, -0.2) is 28.8 Å². The molecule has 0 amide bonds. The van der Waals surface area contributed by atoms with Crippen molar-refractivity contribution in [2.45, 2.75) is 39.7 Å². The molecule has 3 rings (SSSR count). The predicted octanol–water partition coefficient (Wildman–Crippen LogP) is 5.36. The van der Waals surface area contributed by atoms with Crippen LogP contribution in [0.3, 0.4) is 0 Å². The molecule has 3 atom stereocenters. The van der Waals surface area contributed by atoms with E-state index in [1.807, 2.05) is 12.3 Å². The van der Waals surface area contributed by atoms with Gasteiger partial charge in [-0.2, -0.15) is 0 Å². The highest BCUT2D eigenvalue weighted by atomic mass is 15.5. The average Bonchev–Trinajstić information content (AvgIpc) is 3.29. The van der Waals surface area contributed by atoms with Gasteiger partial charge in [0.05, 0.1) is 11.7 Å². The second kappa shape index (κ2) is 12.6. The molecule has 2 heterocycles. The van der Waals surface area contributed by atoms with Crippen molar-refractivity contribution in [3.05, 3.63) is 96.3 Å². The van der Waals surface area contributed by atoms with Crippen LogP contribution >= 0.6 is 0 Å². The Bertz CT molecular complexity index is 1080. The van der Waals surface area contributed by atoms with Crippen molar-refractivity contribution in [3.8, 4) is 12.3 Å². The van der Waals surface area contributed by atoms with Crippen molar-refractivity contribution in [1.29, 1.82) is 0 Å². The van der Waals surface area contributed by atoms with E-state index in [2.05, 4.69) is 95.6 Å². The third kappa shape index (κ3) is 6.24. The summed E-state index contributed by atoms with van der Waals surface area (Å²) < 4.78 is 0. The summed E-state index contributed by atoms with van der Waals surface area (Å²) in [7, 11) is 0. The van der Waals surface area contributed by atoms with Gasteiger partial charge in [-0.1, -0.05) is 62.8 Å². The minimum absolute atomic E-state index is 0.372. The monoisotopic (exact) mass is 453 g/mol. The fourth-order valence-corrected chi connectivity index (χ4v) is 4.16. The number of pyridine rings is 1. The summed E-state index contributed by atoms with van der Waals surface area (Å²) >= 11 is 0. The molecular weight excluding hydrogens is 418 g/mol. The van der Waals surface area contributed by atoms with E-state index in [1.54, 1.807) is 24.7 Å². The second-order valence-corrected chi connectivity index (χ2v) is 8.39. The van der Waals surface area contributed by atoms with E-state index in [0.29, 0.717) is 17.9 Å². The molecule has 1 aromatic heterocycles. The number of aromatic nitrogens is 1. The molecule has 1 aliphatic carbocycles. The summed E-state index contributed by atoms with van der Waals surface area (Å²) in [6.45, 7) is 11.1. The molecule has 0 bridgehead atoms. The fraction of sp³-hybridized carbons (Fsp3) is 0.310. The van der Waals surface area contributed by atoms with Crippen LogP contribution in [0.1, 0.15) is 44.7 Å². The highest BCUT2D eigenvalue weighted by Crippen LogP contribution is 2.28. The maximum Gasteiger partial charge on any atom is 0.0895 e. The van der Waals surface area contributed by atoms with Gasteiger partial charge in [-0.15, -0.1) is 6.42 Å². The van der Waals surface area contributed by atoms with Gasteiger partial charge in [-0.05, 0) is 43.5 Å². The minimum Gasteiger partial charge on any atom is -0.384 e. The third-order valence-electron chi connectivity index (χ3n) is 6.18. The van der Waals surface area contributed by atoms with E-state index < -0.39 is 0 Å². The van der Waals surface area contributed by atoms with Crippen molar-refractivity contribution >= 4 is 11.9 Å². The number of nitrogens with zero attached hydrogens (tertiary/aromatic N) is 3. The Morgan fingerprint density at radius 1 is 1.38 bits per heavy atom. The van der Waals surface area contributed by atoms with E-state index >= 15 is 0 Å². The van der Waals surface area contributed by atoms with Gasteiger partial charge in [0.1, 0.15) is 0 Å². The molecule has 176 valence electrons. The SMILES string of the molecule is C#Cc1cncc(/C(=C/N(NCCC2=CNC3C=CC=CC23)/C(=C\C)C(C)CC)N=CC=C)c1. The summed E-state index contributed by atoms with van der Waals surface area (Å²) in [6, 6.07) is 2.30. The fourth-order valence-electron chi connectivity index (χ4n) is 4.16. The number of terminal acetylenes is 1. The lowest BCUT2D eigenvalue weighted by Crippen LogP contribution is -2.36. The first-order valence-corrected chi connectivity index (χ1v) is 11.9. The van der Waals surface area contributed by atoms with Crippen molar-refractivity contribution < 1.29 is 0 Å². The van der Waals surface area contributed by atoms with Gasteiger partial charge in [0.2, 0.25) is 0 Å². The molecule has 0 saturated heterocycles. The minimum atomic E-state index is 0.372. The zero-order chi connectivity index (χ0) is 24.3. The molecule has 0 saturated carbocycles. The van der Waals surface area contributed by atoms with Gasteiger partial charge >= 0.3 is 0 Å². The van der Waals surface area contributed by atoms with Crippen LogP contribution in [0.2, 0.25) is 0 Å². The number of allylic oxidation sites excluding steroid dienone is 5. The van der Waals surface area contributed by atoms with Crippen LogP contribution < -0.4 is 10.7 Å². The lowest BCUT2D eigenvalue weighted by molar-refractivity contribution is 0.300. The van der Waals surface area contributed by atoms with Crippen LogP contribution in [0, 0.1) is 24.2 Å². The van der Waals surface area contributed by atoms with Gasteiger partial charge < -0.3 is 5.32 Å². The highest BCUT2D eigenvalue weighted by Gasteiger charge is 2.26. The lowest BCUT2D eigenvalue weighted by Gasteiger charge is -2.29. The molecule has 0 spiro atoms. The van der Waals surface area contributed by atoms with E-state index in [4.69, 9.17) is 6.42 Å². The molecular formula is C29H35N5. The van der Waals surface area contributed by atoms with Gasteiger partial charge in [0.15, 0.2) is 0 Å². The lowest BCUT2D eigenvalue weighted by atomic mass is 9.90. The number of fused-ring (bicyclic) bond motifs is 1. The molecule has 0 aromatic carbocycles. The number of hydrogen-bond donors (Lipinski definition) is 2. The topological polar surface area (TPSA) is 52.6 Å². The first kappa shape index (κ1) is 25.0. The van der Waals surface area contributed by atoms with Gasteiger partial charge in [-0.3, -0.25) is 15.0 Å². The molecule has 0 fully saturated rings. The zero-order valence-electron chi connectivity index (χ0n) is 20.4. The molecule has 2 aliphatic rings. The maximum absolute atomic E-state index is 5.60. The molecule has 34 heavy (non-hydrogen) atoms. The predicted molar refractivity (Wildman–Crippen MR) is 143 cm³/mol. The Hall–Kier alpha value is -3.62. The first-order valence-electron chi connectivity index (χ1n) is 11.9. The molecule has 5 nitrogen and oxygen atoms in total. The smallest absolute Gasteiger partial charge is 0.0895 e.